The van der Waals surface area contributed by atoms with Crippen LogP contribution in [0.4, 0.5) is 11.6 Å². The van der Waals surface area contributed by atoms with Crippen molar-refractivity contribution in [1.82, 2.24) is 9.97 Å². The molecule has 6 heteroatoms. The van der Waals surface area contributed by atoms with Gasteiger partial charge < -0.3 is 10.8 Å². The monoisotopic (exact) mass is 217 g/mol. The maximum atomic E-state index is 8.99. The van der Waals surface area contributed by atoms with Gasteiger partial charge >= 0.3 is 0 Å². The standard InChI is InChI=1S/C10H11N5O/c1-4-12-7-8(11)14-9(15-10(7)13-4)6-2-5(6)3-16/h5,16H,2-3H2,1H3,(H2,11,14)/b9-6+. The Balaban J connectivity index is 2.22. The molecule has 0 bridgehead atoms. The molecule has 16 heavy (non-hydrogen) atoms. The molecule has 82 valence electrons. The van der Waals surface area contributed by atoms with Gasteiger partial charge in [0.05, 0.1) is 6.61 Å². The largest absolute Gasteiger partial charge is 0.396 e. The van der Waals surface area contributed by atoms with Gasteiger partial charge in [-0.25, -0.2) is 20.0 Å². The quantitative estimate of drug-likeness (QED) is 0.624. The highest BCUT2D eigenvalue weighted by Crippen LogP contribution is 2.36. The second kappa shape index (κ2) is 3.08. The van der Waals surface area contributed by atoms with Crippen molar-refractivity contribution in [2.24, 2.45) is 15.9 Å². The Hall–Kier alpha value is -1.82. The molecule has 1 fully saturated rings. The summed E-state index contributed by atoms with van der Waals surface area (Å²) in [4.78, 5) is 16.8. The lowest BCUT2D eigenvalue weighted by molar-refractivity contribution is 0.283. The maximum absolute atomic E-state index is 8.99. The van der Waals surface area contributed by atoms with E-state index in [4.69, 9.17) is 10.8 Å². The van der Waals surface area contributed by atoms with Crippen LogP contribution in [-0.2, 0) is 0 Å². The second-order valence-electron chi connectivity index (χ2n) is 3.98. The summed E-state index contributed by atoms with van der Waals surface area (Å²) in [6.07, 6.45) is 0.842. The lowest BCUT2D eigenvalue weighted by atomic mass is 10.4. The minimum Gasteiger partial charge on any atom is -0.396 e. The van der Waals surface area contributed by atoms with E-state index in [1.54, 1.807) is 6.92 Å². The van der Waals surface area contributed by atoms with E-state index < -0.39 is 0 Å². The summed E-state index contributed by atoms with van der Waals surface area (Å²) in [5.74, 6) is 1.74. The third-order valence-electron chi connectivity index (χ3n) is 2.74. The smallest absolute Gasteiger partial charge is 0.185 e. The molecule has 1 atom stereocenters. The number of nitrogen functional groups attached to an aromatic ring is 1. The zero-order chi connectivity index (χ0) is 11.3. The van der Waals surface area contributed by atoms with Crippen molar-refractivity contribution in [3.63, 3.8) is 0 Å². The van der Waals surface area contributed by atoms with Gasteiger partial charge in [0.15, 0.2) is 22.5 Å². The molecule has 0 saturated heterocycles. The molecule has 0 amide bonds. The van der Waals surface area contributed by atoms with Crippen molar-refractivity contribution in [1.29, 1.82) is 0 Å². The third kappa shape index (κ3) is 1.30. The molecule has 1 saturated carbocycles. The SMILES string of the molecule is CC1=Nc2n/c(=C3\CC3CO)nc(N)c2=N1. The number of fused-ring (bicyclic) bond motifs is 1. The average Bonchev–Trinajstić information content (AvgIpc) is 2.94. The number of aliphatic hydroxyl groups excluding tert-OH is 1. The van der Waals surface area contributed by atoms with Crippen LogP contribution in [0, 0.1) is 5.92 Å². The Bertz CT molecular complexity index is 619. The van der Waals surface area contributed by atoms with Crippen molar-refractivity contribution in [3.8, 4) is 0 Å². The van der Waals surface area contributed by atoms with Gasteiger partial charge in [-0.3, -0.25) is 0 Å². The molecule has 1 aromatic rings. The number of rotatable bonds is 1. The first-order chi connectivity index (χ1) is 7.69. The van der Waals surface area contributed by atoms with E-state index in [1.165, 1.54) is 0 Å². The summed E-state index contributed by atoms with van der Waals surface area (Å²) in [7, 11) is 0. The molecule has 0 spiro atoms. The molecule has 3 rings (SSSR count). The molecule has 6 nitrogen and oxygen atoms in total. The molecule has 2 heterocycles. The number of aliphatic hydroxyl groups is 1. The lowest BCUT2D eigenvalue weighted by Crippen LogP contribution is -2.23. The van der Waals surface area contributed by atoms with Gasteiger partial charge in [-0.2, -0.15) is 0 Å². The molecular weight excluding hydrogens is 206 g/mol. The summed E-state index contributed by atoms with van der Waals surface area (Å²) in [5, 5.41) is 9.55. The highest BCUT2D eigenvalue weighted by Gasteiger charge is 2.31. The minimum absolute atomic E-state index is 0.141. The number of nitrogens with two attached hydrogens (primary N) is 1. The molecule has 2 aliphatic rings. The molecule has 3 N–H and O–H groups in total. The van der Waals surface area contributed by atoms with Gasteiger partial charge in [0.2, 0.25) is 0 Å². The van der Waals surface area contributed by atoms with E-state index in [0.29, 0.717) is 28.3 Å². The third-order valence-corrected chi connectivity index (χ3v) is 2.74. The number of anilines is 1. The fourth-order valence-electron chi connectivity index (χ4n) is 1.78. The molecule has 1 unspecified atom stereocenters. The van der Waals surface area contributed by atoms with Crippen molar-refractivity contribution in [2.75, 3.05) is 12.3 Å². The first kappa shape index (κ1) is 9.41. The molecular formula is C10H11N5O. The van der Waals surface area contributed by atoms with Crippen molar-refractivity contribution >= 4 is 23.0 Å². The van der Waals surface area contributed by atoms with Crippen molar-refractivity contribution in [3.05, 3.63) is 10.8 Å². The zero-order valence-corrected chi connectivity index (χ0v) is 8.80. The Morgan fingerprint density at radius 3 is 2.88 bits per heavy atom. The fraction of sp³-hybridized carbons (Fsp3) is 0.400. The molecule has 0 aromatic carbocycles. The van der Waals surface area contributed by atoms with Crippen LogP contribution >= 0.6 is 0 Å². The Kier molecular flexibility index (Phi) is 1.81. The number of amidine groups is 1. The van der Waals surface area contributed by atoms with E-state index in [0.717, 1.165) is 12.0 Å². The number of aliphatic imine (C=N–C) groups is 1. The van der Waals surface area contributed by atoms with Crippen molar-refractivity contribution in [2.45, 2.75) is 13.3 Å². The molecule has 0 radical (unpaired) electrons. The van der Waals surface area contributed by atoms with E-state index in [1.807, 2.05) is 0 Å². The highest BCUT2D eigenvalue weighted by atomic mass is 16.3. The van der Waals surface area contributed by atoms with Crippen molar-refractivity contribution < 1.29 is 5.11 Å². The first-order valence-electron chi connectivity index (χ1n) is 5.10. The topological polar surface area (TPSA) is 96.8 Å². The maximum Gasteiger partial charge on any atom is 0.185 e. The fourth-order valence-corrected chi connectivity index (χ4v) is 1.78. The summed E-state index contributed by atoms with van der Waals surface area (Å²) in [6, 6.07) is 0. The van der Waals surface area contributed by atoms with Crippen LogP contribution < -0.4 is 16.6 Å². The van der Waals surface area contributed by atoms with Crippen LogP contribution in [0.15, 0.2) is 9.98 Å². The van der Waals surface area contributed by atoms with Crippen LogP contribution in [0.1, 0.15) is 13.3 Å². The summed E-state index contributed by atoms with van der Waals surface area (Å²) in [5.41, 5.74) is 7.45. The van der Waals surface area contributed by atoms with Gasteiger partial charge in [0.25, 0.3) is 0 Å². The Labute approximate surface area is 91.3 Å². The van der Waals surface area contributed by atoms with Crippen LogP contribution in [0.3, 0.4) is 0 Å². The van der Waals surface area contributed by atoms with E-state index in [9.17, 15) is 0 Å². The average molecular weight is 217 g/mol. The zero-order valence-electron chi connectivity index (χ0n) is 8.80. The molecule has 1 aliphatic carbocycles. The number of nitrogens with zero attached hydrogens (tertiary/aromatic N) is 4. The van der Waals surface area contributed by atoms with Crippen LogP contribution in [0.2, 0.25) is 0 Å². The van der Waals surface area contributed by atoms with Crippen LogP contribution in [-0.4, -0.2) is 27.5 Å². The minimum atomic E-state index is 0.141. The molecule has 1 aliphatic heterocycles. The first-order valence-corrected chi connectivity index (χ1v) is 5.10. The number of hydrogen-bond acceptors (Lipinski definition) is 6. The number of aromatic nitrogens is 2. The number of hydrogen-bond donors (Lipinski definition) is 2. The summed E-state index contributed by atoms with van der Waals surface area (Å²) < 4.78 is 0. The predicted octanol–water partition coefficient (Wildman–Crippen LogP) is -1.10. The molecule has 1 aromatic heterocycles. The highest BCUT2D eigenvalue weighted by molar-refractivity contribution is 5.86. The van der Waals surface area contributed by atoms with E-state index in [-0.39, 0.29) is 12.5 Å². The second-order valence-corrected chi connectivity index (χ2v) is 3.98. The summed E-state index contributed by atoms with van der Waals surface area (Å²) >= 11 is 0. The summed E-state index contributed by atoms with van der Waals surface area (Å²) in [6.45, 7) is 1.93. The van der Waals surface area contributed by atoms with Gasteiger partial charge in [-0.15, -0.1) is 0 Å². The Morgan fingerprint density at radius 2 is 2.19 bits per heavy atom. The van der Waals surface area contributed by atoms with E-state index in [2.05, 4.69) is 20.0 Å². The lowest BCUT2D eigenvalue weighted by Gasteiger charge is -1.93. The van der Waals surface area contributed by atoms with Gasteiger partial charge in [-0.1, -0.05) is 0 Å². The van der Waals surface area contributed by atoms with Crippen LogP contribution in [0.25, 0.3) is 5.57 Å². The van der Waals surface area contributed by atoms with Gasteiger partial charge in [-0.05, 0) is 18.9 Å². The normalized spacial score (nSPS) is 24.9. The predicted molar refractivity (Wildman–Crippen MR) is 58.6 cm³/mol. The van der Waals surface area contributed by atoms with Crippen LogP contribution in [0.5, 0.6) is 0 Å². The van der Waals surface area contributed by atoms with Gasteiger partial charge in [0, 0.05) is 5.92 Å². The van der Waals surface area contributed by atoms with Gasteiger partial charge in [0.1, 0.15) is 5.84 Å². The van der Waals surface area contributed by atoms with E-state index >= 15 is 0 Å². The Morgan fingerprint density at radius 1 is 1.38 bits per heavy atom.